The van der Waals surface area contributed by atoms with Gasteiger partial charge in [-0.3, -0.25) is 0 Å². The van der Waals surface area contributed by atoms with Crippen LogP contribution in [0.15, 0.2) is 48.8 Å². The molecule has 0 radical (unpaired) electrons. The summed E-state index contributed by atoms with van der Waals surface area (Å²) in [5, 5.41) is 0. The predicted molar refractivity (Wildman–Crippen MR) is 122 cm³/mol. The second-order valence-corrected chi connectivity index (χ2v) is 7.21. The molecule has 0 saturated heterocycles. The number of nitrogens with zero attached hydrogens (tertiary/aromatic N) is 2. The summed E-state index contributed by atoms with van der Waals surface area (Å²) in [5.41, 5.74) is 0.955. The summed E-state index contributed by atoms with van der Waals surface area (Å²) in [6.07, 6.45) is 15.5. The first-order chi connectivity index (χ1) is 14.8. The number of unbranched alkanes of at least 4 members (excludes halogenated alkanes) is 4. The second kappa shape index (κ2) is 15.4. The summed E-state index contributed by atoms with van der Waals surface area (Å²) in [5.74, 6) is 2.22. The SMILES string of the molecule is CCCC/C=C/COc1ccc(-c2ncc(OCCCCOCCCC)cn2)cc1. The van der Waals surface area contributed by atoms with Crippen molar-refractivity contribution in [3.63, 3.8) is 0 Å². The highest BCUT2D eigenvalue weighted by Crippen LogP contribution is 2.20. The van der Waals surface area contributed by atoms with E-state index in [0.717, 1.165) is 50.2 Å². The lowest BCUT2D eigenvalue weighted by atomic mass is 10.2. The summed E-state index contributed by atoms with van der Waals surface area (Å²) >= 11 is 0. The van der Waals surface area contributed by atoms with E-state index in [4.69, 9.17) is 14.2 Å². The van der Waals surface area contributed by atoms with Crippen LogP contribution in [-0.2, 0) is 4.74 Å². The molecule has 164 valence electrons. The zero-order valence-electron chi connectivity index (χ0n) is 18.5. The third-order valence-corrected chi connectivity index (χ3v) is 4.57. The standard InChI is InChI=1S/C25H36N2O3/c1-3-5-7-8-9-18-29-23-14-12-22(13-15-23)25-26-20-24(21-27-25)30-19-11-10-17-28-16-6-4-2/h8-9,12-15,20-21H,3-7,10-11,16-19H2,1-2H3/b9-8+. The predicted octanol–water partition coefficient (Wildman–Crippen LogP) is 6.24. The highest BCUT2D eigenvalue weighted by Gasteiger charge is 2.03. The van der Waals surface area contributed by atoms with Gasteiger partial charge < -0.3 is 14.2 Å². The largest absolute Gasteiger partial charge is 0.490 e. The summed E-state index contributed by atoms with van der Waals surface area (Å²) in [7, 11) is 0. The average Bonchev–Trinajstić information content (AvgIpc) is 2.79. The molecule has 0 amide bonds. The fourth-order valence-corrected chi connectivity index (χ4v) is 2.74. The van der Waals surface area contributed by atoms with E-state index in [1.54, 1.807) is 12.4 Å². The molecule has 0 N–H and O–H groups in total. The number of allylic oxidation sites excluding steroid dienone is 1. The first-order valence-corrected chi connectivity index (χ1v) is 11.2. The maximum Gasteiger partial charge on any atom is 0.159 e. The normalized spacial score (nSPS) is 11.1. The molecular weight excluding hydrogens is 376 g/mol. The van der Waals surface area contributed by atoms with Crippen LogP contribution in [0.25, 0.3) is 11.4 Å². The molecule has 5 nitrogen and oxygen atoms in total. The molecule has 1 aromatic carbocycles. The Kier molecular flexibility index (Phi) is 12.3. The Bertz CT molecular complexity index is 699. The number of hydrogen-bond acceptors (Lipinski definition) is 5. The van der Waals surface area contributed by atoms with Gasteiger partial charge in [0.15, 0.2) is 11.6 Å². The zero-order chi connectivity index (χ0) is 21.3. The van der Waals surface area contributed by atoms with Crippen molar-refractivity contribution >= 4 is 0 Å². The van der Waals surface area contributed by atoms with Crippen molar-refractivity contribution in [3.05, 3.63) is 48.8 Å². The Morgan fingerprint density at radius 3 is 2.17 bits per heavy atom. The Hall–Kier alpha value is -2.40. The van der Waals surface area contributed by atoms with Gasteiger partial charge in [0.2, 0.25) is 0 Å². The van der Waals surface area contributed by atoms with Crippen LogP contribution < -0.4 is 9.47 Å². The van der Waals surface area contributed by atoms with Crippen LogP contribution in [0.4, 0.5) is 0 Å². The first kappa shape index (κ1) is 23.9. The fourth-order valence-electron chi connectivity index (χ4n) is 2.74. The minimum atomic E-state index is 0.594. The monoisotopic (exact) mass is 412 g/mol. The highest BCUT2D eigenvalue weighted by atomic mass is 16.5. The van der Waals surface area contributed by atoms with Crippen molar-refractivity contribution in [2.45, 2.75) is 58.8 Å². The van der Waals surface area contributed by atoms with Gasteiger partial charge in [-0.05, 0) is 49.9 Å². The molecule has 0 bridgehead atoms. The van der Waals surface area contributed by atoms with Crippen LogP contribution in [0.2, 0.25) is 0 Å². The summed E-state index contributed by atoms with van der Waals surface area (Å²) in [6, 6.07) is 7.85. The molecule has 0 atom stereocenters. The molecule has 0 aliphatic carbocycles. The molecule has 0 spiro atoms. The minimum Gasteiger partial charge on any atom is -0.490 e. The van der Waals surface area contributed by atoms with Crippen molar-refractivity contribution in [3.8, 4) is 22.9 Å². The van der Waals surface area contributed by atoms with Gasteiger partial charge in [-0.25, -0.2) is 9.97 Å². The van der Waals surface area contributed by atoms with Gasteiger partial charge in [-0.1, -0.05) is 45.3 Å². The molecule has 2 aromatic rings. The highest BCUT2D eigenvalue weighted by molar-refractivity contribution is 5.56. The number of aromatic nitrogens is 2. The number of rotatable bonds is 16. The lowest BCUT2D eigenvalue weighted by Crippen LogP contribution is -2.02. The third-order valence-electron chi connectivity index (χ3n) is 4.57. The maximum atomic E-state index is 5.73. The molecule has 0 aliphatic heterocycles. The summed E-state index contributed by atoms with van der Waals surface area (Å²) in [4.78, 5) is 8.84. The molecule has 0 fully saturated rings. The Labute approximate surface area is 181 Å². The van der Waals surface area contributed by atoms with Crippen LogP contribution in [-0.4, -0.2) is 36.4 Å². The molecule has 0 unspecified atom stereocenters. The van der Waals surface area contributed by atoms with Gasteiger partial charge >= 0.3 is 0 Å². The third kappa shape index (κ3) is 9.88. The number of hydrogen-bond donors (Lipinski definition) is 0. The van der Waals surface area contributed by atoms with Crippen molar-refractivity contribution in [2.75, 3.05) is 26.4 Å². The van der Waals surface area contributed by atoms with Crippen molar-refractivity contribution in [1.29, 1.82) is 0 Å². The van der Waals surface area contributed by atoms with E-state index < -0.39 is 0 Å². The van der Waals surface area contributed by atoms with E-state index in [1.807, 2.05) is 24.3 Å². The van der Waals surface area contributed by atoms with E-state index in [-0.39, 0.29) is 0 Å². The molecule has 0 aliphatic rings. The lowest BCUT2D eigenvalue weighted by molar-refractivity contribution is 0.123. The van der Waals surface area contributed by atoms with Gasteiger partial charge in [0, 0.05) is 18.8 Å². The van der Waals surface area contributed by atoms with Crippen LogP contribution in [0, 0.1) is 0 Å². The van der Waals surface area contributed by atoms with Gasteiger partial charge in [0.1, 0.15) is 12.4 Å². The quantitative estimate of drug-likeness (QED) is 0.241. The molecular formula is C25H36N2O3. The van der Waals surface area contributed by atoms with E-state index in [1.165, 1.54) is 19.3 Å². The van der Waals surface area contributed by atoms with Crippen molar-refractivity contribution in [1.82, 2.24) is 9.97 Å². The minimum absolute atomic E-state index is 0.594. The average molecular weight is 413 g/mol. The van der Waals surface area contributed by atoms with Gasteiger partial charge in [0.05, 0.1) is 19.0 Å². The van der Waals surface area contributed by atoms with Gasteiger partial charge in [-0.15, -0.1) is 0 Å². The smallest absolute Gasteiger partial charge is 0.159 e. The first-order valence-electron chi connectivity index (χ1n) is 11.2. The van der Waals surface area contributed by atoms with Crippen molar-refractivity contribution in [2.24, 2.45) is 0 Å². The Balaban J connectivity index is 1.68. The van der Waals surface area contributed by atoms with Gasteiger partial charge in [-0.2, -0.15) is 0 Å². The van der Waals surface area contributed by atoms with Crippen LogP contribution in [0.3, 0.4) is 0 Å². The Morgan fingerprint density at radius 1 is 0.733 bits per heavy atom. The number of ether oxygens (including phenoxy) is 3. The van der Waals surface area contributed by atoms with Crippen molar-refractivity contribution < 1.29 is 14.2 Å². The lowest BCUT2D eigenvalue weighted by Gasteiger charge is -2.07. The Morgan fingerprint density at radius 2 is 1.43 bits per heavy atom. The second-order valence-electron chi connectivity index (χ2n) is 7.21. The molecule has 2 rings (SSSR count). The maximum absolute atomic E-state index is 5.73. The van der Waals surface area contributed by atoms with E-state index in [9.17, 15) is 0 Å². The molecule has 30 heavy (non-hydrogen) atoms. The van der Waals surface area contributed by atoms with Gasteiger partial charge in [0.25, 0.3) is 0 Å². The molecule has 0 saturated carbocycles. The van der Waals surface area contributed by atoms with E-state index in [0.29, 0.717) is 24.8 Å². The van der Waals surface area contributed by atoms with E-state index >= 15 is 0 Å². The van der Waals surface area contributed by atoms with Crippen LogP contribution in [0.1, 0.15) is 58.8 Å². The summed E-state index contributed by atoms with van der Waals surface area (Å²) < 4.78 is 17.0. The number of benzene rings is 1. The molecule has 1 aromatic heterocycles. The zero-order valence-corrected chi connectivity index (χ0v) is 18.5. The summed E-state index contributed by atoms with van der Waals surface area (Å²) in [6.45, 7) is 7.27. The van der Waals surface area contributed by atoms with E-state index in [2.05, 4.69) is 36.0 Å². The van der Waals surface area contributed by atoms with Crippen LogP contribution >= 0.6 is 0 Å². The molecule has 1 heterocycles. The molecule has 5 heteroatoms. The topological polar surface area (TPSA) is 53.5 Å². The fraction of sp³-hybridized carbons (Fsp3) is 0.520. The van der Waals surface area contributed by atoms with Crippen LogP contribution in [0.5, 0.6) is 11.5 Å².